The number of methoxy groups -OCH3 is 1. The van der Waals surface area contributed by atoms with Crippen LogP contribution in [-0.4, -0.2) is 40.6 Å². The molecule has 1 aliphatic heterocycles. The molecule has 0 spiro atoms. The molecule has 1 aromatic carbocycles. The van der Waals surface area contributed by atoms with Gasteiger partial charge in [-0.2, -0.15) is 0 Å². The van der Waals surface area contributed by atoms with E-state index in [9.17, 15) is 20.1 Å². The van der Waals surface area contributed by atoms with Gasteiger partial charge in [0, 0.05) is 24.2 Å². The minimum Gasteiger partial charge on any atom is -0.504 e. The van der Waals surface area contributed by atoms with Crippen LogP contribution in [0.15, 0.2) is 6.07 Å². The zero-order valence-corrected chi connectivity index (χ0v) is 16.4. The van der Waals surface area contributed by atoms with Gasteiger partial charge in [0.2, 0.25) is 0 Å². The highest BCUT2D eigenvalue weighted by Crippen LogP contribution is 2.67. The van der Waals surface area contributed by atoms with Gasteiger partial charge < -0.3 is 24.8 Å². The van der Waals surface area contributed by atoms with Gasteiger partial charge >= 0.3 is 5.97 Å². The molecule has 6 nitrogen and oxygen atoms in total. The number of hydrogen-bond donors (Lipinski definition) is 3. The number of esters is 1. The fourth-order valence-corrected chi connectivity index (χ4v) is 6.07. The molecular weight excluding hydrogens is 348 g/mol. The Kier molecular flexibility index (Phi) is 3.86. The van der Waals surface area contributed by atoms with E-state index >= 15 is 0 Å². The number of phenolic OH excluding ortho intramolecular Hbond substituents is 2. The number of aliphatic hydroxyl groups is 1. The van der Waals surface area contributed by atoms with Crippen molar-refractivity contribution in [2.45, 2.75) is 70.2 Å². The number of benzene rings is 1. The van der Waals surface area contributed by atoms with Crippen LogP contribution in [0.1, 0.15) is 69.2 Å². The number of fused-ring (bicyclic) bond motifs is 1. The number of aliphatic hydroxyl groups excluding tert-OH is 1. The van der Waals surface area contributed by atoms with E-state index in [0.29, 0.717) is 23.1 Å². The van der Waals surface area contributed by atoms with Crippen molar-refractivity contribution in [3.8, 4) is 11.5 Å². The highest BCUT2D eigenvalue weighted by Gasteiger charge is 2.71. The van der Waals surface area contributed by atoms with E-state index in [2.05, 4.69) is 0 Å². The third kappa shape index (κ3) is 2.17. The zero-order valence-electron chi connectivity index (χ0n) is 16.4. The van der Waals surface area contributed by atoms with Gasteiger partial charge in [-0.05, 0) is 35.8 Å². The predicted molar refractivity (Wildman–Crippen MR) is 97.7 cm³/mol. The second kappa shape index (κ2) is 5.61. The molecule has 0 amide bonds. The second-order valence-electron chi connectivity index (χ2n) is 9.31. The van der Waals surface area contributed by atoms with Gasteiger partial charge in [-0.15, -0.1) is 0 Å². The van der Waals surface area contributed by atoms with E-state index in [4.69, 9.17) is 9.47 Å². The highest BCUT2D eigenvalue weighted by atomic mass is 16.6. The number of rotatable bonds is 2. The number of ether oxygens (including phenoxy) is 2. The van der Waals surface area contributed by atoms with E-state index in [1.54, 1.807) is 7.11 Å². The smallest absolute Gasteiger partial charge is 0.317 e. The first-order chi connectivity index (χ1) is 12.6. The van der Waals surface area contributed by atoms with Crippen molar-refractivity contribution in [2.24, 2.45) is 11.3 Å². The van der Waals surface area contributed by atoms with Crippen LogP contribution >= 0.6 is 0 Å². The Balaban J connectivity index is 2.08. The van der Waals surface area contributed by atoms with Gasteiger partial charge in [0.05, 0.1) is 6.10 Å². The molecule has 5 atom stereocenters. The Bertz CT molecular complexity index is 813. The molecule has 6 heteroatoms. The molecule has 1 saturated carbocycles. The lowest BCUT2D eigenvalue weighted by molar-refractivity contribution is -0.149. The normalized spacial score (nSPS) is 36.3. The van der Waals surface area contributed by atoms with E-state index in [1.807, 2.05) is 33.8 Å². The molecule has 2 bridgehead atoms. The third-order valence-electron chi connectivity index (χ3n) is 6.89. The second-order valence-corrected chi connectivity index (χ2v) is 9.31. The van der Waals surface area contributed by atoms with Gasteiger partial charge in [-0.1, -0.05) is 27.7 Å². The fourth-order valence-electron chi connectivity index (χ4n) is 6.07. The van der Waals surface area contributed by atoms with Gasteiger partial charge in [-0.3, -0.25) is 4.79 Å². The summed E-state index contributed by atoms with van der Waals surface area (Å²) >= 11 is 0. The largest absolute Gasteiger partial charge is 0.504 e. The van der Waals surface area contributed by atoms with Crippen LogP contribution in [0.4, 0.5) is 0 Å². The number of hydrogen-bond acceptors (Lipinski definition) is 6. The Labute approximate surface area is 159 Å². The first-order valence-electron chi connectivity index (χ1n) is 9.57. The van der Waals surface area contributed by atoms with Crippen molar-refractivity contribution in [3.63, 3.8) is 0 Å². The first-order valence-corrected chi connectivity index (χ1v) is 9.57. The summed E-state index contributed by atoms with van der Waals surface area (Å²) in [5.41, 5.74) is 0.0700. The Morgan fingerprint density at radius 1 is 1.22 bits per heavy atom. The van der Waals surface area contributed by atoms with Crippen LogP contribution in [0, 0.1) is 11.3 Å². The van der Waals surface area contributed by atoms with Crippen LogP contribution < -0.4 is 0 Å². The SMILES string of the molecule is CO[C@H]1c2cc(C(C)C)c(O)c(O)c2[C@@]23C[C@@H](O)CC(C)(C)[C@@H]2[C@@H]1OC3=O. The summed E-state index contributed by atoms with van der Waals surface area (Å²) in [7, 11) is 1.57. The standard InChI is InChI=1S/C21H28O6/c1-9(2)11-6-12-13(15(24)14(11)23)21-8-10(22)7-20(3,4)18(21)17(16(12)26-5)27-19(21)25/h6,9-10,16-18,22-24H,7-8H2,1-5H3/t10-,16-,17+,18-,21-/m0/s1. The summed E-state index contributed by atoms with van der Waals surface area (Å²) in [5, 5.41) is 32.3. The average Bonchev–Trinajstić information content (AvgIpc) is 2.79. The van der Waals surface area contributed by atoms with Crippen LogP contribution in [0.2, 0.25) is 0 Å². The Morgan fingerprint density at radius 3 is 2.48 bits per heavy atom. The molecule has 0 radical (unpaired) electrons. The summed E-state index contributed by atoms with van der Waals surface area (Å²) in [6, 6.07) is 1.82. The number of phenols is 2. The van der Waals surface area contributed by atoms with Crippen molar-refractivity contribution >= 4 is 5.97 Å². The quantitative estimate of drug-likeness (QED) is 0.543. The van der Waals surface area contributed by atoms with Crippen molar-refractivity contribution < 1.29 is 29.6 Å². The molecule has 3 aliphatic rings. The molecule has 3 N–H and O–H groups in total. The lowest BCUT2D eigenvalue weighted by atomic mass is 9.48. The van der Waals surface area contributed by atoms with E-state index < -0.39 is 35.1 Å². The summed E-state index contributed by atoms with van der Waals surface area (Å²) in [5.74, 6) is -1.21. The van der Waals surface area contributed by atoms with Crippen LogP contribution in [0.5, 0.6) is 11.5 Å². The Hall–Kier alpha value is -1.79. The molecule has 2 aliphatic carbocycles. The number of aromatic hydroxyl groups is 2. The van der Waals surface area contributed by atoms with Gasteiger partial charge in [-0.25, -0.2) is 0 Å². The van der Waals surface area contributed by atoms with Gasteiger partial charge in [0.1, 0.15) is 17.6 Å². The molecule has 2 fully saturated rings. The maximum absolute atomic E-state index is 13.2. The number of carbonyl (C=O) groups excluding carboxylic acids is 1. The maximum Gasteiger partial charge on any atom is 0.317 e. The summed E-state index contributed by atoms with van der Waals surface area (Å²) in [6.07, 6.45) is -0.992. The molecule has 4 rings (SSSR count). The van der Waals surface area contributed by atoms with Crippen LogP contribution in [0.25, 0.3) is 0 Å². The van der Waals surface area contributed by atoms with Crippen LogP contribution in [-0.2, 0) is 19.7 Å². The molecule has 1 heterocycles. The van der Waals surface area contributed by atoms with Crippen molar-refractivity contribution in [1.29, 1.82) is 0 Å². The summed E-state index contributed by atoms with van der Waals surface area (Å²) in [4.78, 5) is 13.2. The molecule has 0 unspecified atom stereocenters. The monoisotopic (exact) mass is 376 g/mol. The lowest BCUT2D eigenvalue weighted by Crippen LogP contribution is -2.57. The summed E-state index contributed by atoms with van der Waals surface area (Å²) < 4.78 is 11.6. The van der Waals surface area contributed by atoms with Gasteiger partial charge in [0.25, 0.3) is 0 Å². The van der Waals surface area contributed by atoms with Crippen molar-refractivity contribution in [3.05, 3.63) is 22.8 Å². The van der Waals surface area contributed by atoms with E-state index in [-0.39, 0.29) is 29.8 Å². The summed E-state index contributed by atoms with van der Waals surface area (Å²) in [6.45, 7) is 7.88. The topological polar surface area (TPSA) is 96.2 Å². The minimum absolute atomic E-state index is 0.0170. The predicted octanol–water partition coefficient (Wildman–Crippen LogP) is 2.88. The molecule has 1 aromatic rings. The lowest BCUT2D eigenvalue weighted by Gasteiger charge is -2.53. The van der Waals surface area contributed by atoms with Crippen LogP contribution in [0.3, 0.4) is 0 Å². The third-order valence-corrected chi connectivity index (χ3v) is 6.89. The maximum atomic E-state index is 13.2. The Morgan fingerprint density at radius 2 is 1.89 bits per heavy atom. The van der Waals surface area contributed by atoms with Crippen molar-refractivity contribution in [1.82, 2.24) is 0 Å². The molecule has 1 saturated heterocycles. The zero-order chi connectivity index (χ0) is 19.9. The van der Waals surface area contributed by atoms with E-state index in [1.165, 1.54) is 0 Å². The van der Waals surface area contributed by atoms with E-state index in [0.717, 1.165) is 0 Å². The first kappa shape index (κ1) is 18.6. The molecular formula is C21H28O6. The average molecular weight is 376 g/mol. The van der Waals surface area contributed by atoms with Gasteiger partial charge in [0.15, 0.2) is 11.5 Å². The highest BCUT2D eigenvalue weighted by molar-refractivity contribution is 5.90. The number of carbonyl (C=O) groups is 1. The fraction of sp³-hybridized carbons (Fsp3) is 0.667. The minimum atomic E-state index is -1.17. The molecule has 27 heavy (non-hydrogen) atoms. The molecule has 0 aromatic heterocycles. The van der Waals surface area contributed by atoms with Crippen molar-refractivity contribution in [2.75, 3.05) is 7.11 Å². The molecule has 148 valence electrons.